The molecule has 1 aliphatic carbocycles. The Morgan fingerprint density at radius 3 is 2.65 bits per heavy atom. The van der Waals surface area contributed by atoms with Crippen LogP contribution in [0.4, 0.5) is 5.13 Å². The zero-order valence-corrected chi connectivity index (χ0v) is 20.7. The summed E-state index contributed by atoms with van der Waals surface area (Å²) < 4.78 is 12.2. The fraction of sp³-hybridized carbons (Fsp3) is 0.400. The number of carbonyl (C=O) groups excluding carboxylic acids is 2. The van der Waals surface area contributed by atoms with Crippen LogP contribution in [0, 0.1) is 0 Å². The number of carbonyl (C=O) groups is 2. The third kappa shape index (κ3) is 5.00. The quantitative estimate of drug-likeness (QED) is 0.472. The van der Waals surface area contributed by atoms with Gasteiger partial charge in [0, 0.05) is 30.1 Å². The van der Waals surface area contributed by atoms with Crippen LogP contribution in [0.25, 0.3) is 10.2 Å². The van der Waals surface area contributed by atoms with Crippen LogP contribution in [-0.2, 0) is 4.79 Å². The molecule has 0 bridgehead atoms. The molecule has 1 N–H and O–H groups in total. The molecule has 3 aromatic rings. The number of thioether (sulfide) groups is 1. The van der Waals surface area contributed by atoms with E-state index in [0.717, 1.165) is 28.0 Å². The van der Waals surface area contributed by atoms with Crippen LogP contribution in [0.1, 0.15) is 42.5 Å². The van der Waals surface area contributed by atoms with E-state index >= 15 is 0 Å². The summed E-state index contributed by atoms with van der Waals surface area (Å²) in [5.74, 6) is 1.54. The van der Waals surface area contributed by atoms with Gasteiger partial charge >= 0.3 is 0 Å². The highest BCUT2D eigenvalue weighted by molar-refractivity contribution is 8.00. The minimum absolute atomic E-state index is 0.103. The third-order valence-corrected chi connectivity index (χ3v) is 8.26. The van der Waals surface area contributed by atoms with E-state index in [2.05, 4.69) is 10.3 Å². The Bertz CT molecular complexity index is 1160. The maximum Gasteiger partial charge on any atom is 0.258 e. The Balaban J connectivity index is 1.26. The first-order chi connectivity index (χ1) is 16.6. The summed E-state index contributed by atoms with van der Waals surface area (Å²) in [5, 5.41) is 3.43. The molecule has 0 atom stereocenters. The van der Waals surface area contributed by atoms with Crippen LogP contribution in [0.3, 0.4) is 0 Å². The molecule has 9 heteroatoms. The molecule has 1 fully saturated rings. The number of anilines is 1. The Morgan fingerprint density at radius 2 is 1.85 bits per heavy atom. The Labute approximate surface area is 206 Å². The summed E-state index contributed by atoms with van der Waals surface area (Å²) >= 11 is 2.80. The van der Waals surface area contributed by atoms with Gasteiger partial charge in [0.2, 0.25) is 5.91 Å². The van der Waals surface area contributed by atoms with Crippen molar-refractivity contribution in [3.63, 3.8) is 0 Å². The number of nitrogens with one attached hydrogen (secondary N) is 1. The molecule has 0 unspecified atom stereocenters. The van der Waals surface area contributed by atoms with Gasteiger partial charge in [0.25, 0.3) is 5.91 Å². The van der Waals surface area contributed by atoms with Crippen molar-refractivity contribution in [1.29, 1.82) is 0 Å². The fourth-order valence-corrected chi connectivity index (χ4v) is 6.22. The van der Waals surface area contributed by atoms with Gasteiger partial charge in [-0.1, -0.05) is 42.7 Å². The van der Waals surface area contributed by atoms with Gasteiger partial charge < -0.3 is 14.4 Å². The van der Waals surface area contributed by atoms with Gasteiger partial charge in [-0.25, -0.2) is 4.98 Å². The zero-order chi connectivity index (χ0) is 23.5. The molecule has 34 heavy (non-hydrogen) atoms. The van der Waals surface area contributed by atoms with Crippen molar-refractivity contribution in [2.45, 2.75) is 43.0 Å². The summed E-state index contributed by atoms with van der Waals surface area (Å²) in [6, 6.07) is 11.5. The largest absolute Gasteiger partial charge is 0.486 e. The topological polar surface area (TPSA) is 80.8 Å². The minimum atomic E-state index is -0.243. The molecule has 2 aromatic carbocycles. The molecule has 1 aliphatic heterocycles. The van der Waals surface area contributed by atoms with Crippen LogP contribution in [-0.4, -0.2) is 53.8 Å². The second-order valence-corrected chi connectivity index (χ2v) is 10.6. The van der Waals surface area contributed by atoms with Crippen LogP contribution in [0.15, 0.2) is 41.3 Å². The number of amides is 2. The minimum Gasteiger partial charge on any atom is -0.486 e. The number of thiazole rings is 1. The van der Waals surface area contributed by atoms with E-state index in [0.29, 0.717) is 47.2 Å². The second-order valence-electron chi connectivity index (χ2n) is 8.52. The van der Waals surface area contributed by atoms with Gasteiger partial charge in [0.15, 0.2) is 16.6 Å². The van der Waals surface area contributed by atoms with E-state index in [9.17, 15) is 9.59 Å². The molecule has 2 heterocycles. The highest BCUT2D eigenvalue weighted by Crippen LogP contribution is 2.38. The fourth-order valence-electron chi connectivity index (χ4n) is 4.38. The van der Waals surface area contributed by atoms with Crippen LogP contribution >= 0.6 is 23.1 Å². The molecular weight excluding hydrogens is 470 g/mol. The van der Waals surface area contributed by atoms with Gasteiger partial charge in [-0.3, -0.25) is 14.9 Å². The second kappa shape index (κ2) is 10.2. The summed E-state index contributed by atoms with van der Waals surface area (Å²) in [4.78, 5) is 33.1. The maximum absolute atomic E-state index is 13.1. The lowest BCUT2D eigenvalue weighted by Gasteiger charge is -2.31. The van der Waals surface area contributed by atoms with Crippen molar-refractivity contribution in [2.75, 3.05) is 31.3 Å². The molecule has 1 saturated carbocycles. The number of nitrogens with zero attached hydrogens (tertiary/aromatic N) is 2. The first-order valence-electron chi connectivity index (χ1n) is 11.6. The number of fused-ring (bicyclic) bond motifs is 2. The third-order valence-electron chi connectivity index (χ3n) is 6.27. The summed E-state index contributed by atoms with van der Waals surface area (Å²) in [5.41, 5.74) is 1.29. The lowest BCUT2D eigenvalue weighted by atomic mass is 9.94. The highest BCUT2D eigenvalue weighted by Gasteiger charge is 2.23. The monoisotopic (exact) mass is 497 g/mol. The number of hydrogen-bond donors (Lipinski definition) is 1. The van der Waals surface area contributed by atoms with Crippen LogP contribution < -0.4 is 14.8 Å². The lowest BCUT2D eigenvalue weighted by molar-refractivity contribution is -0.129. The molecule has 7 nitrogen and oxygen atoms in total. The molecule has 5 rings (SSSR count). The van der Waals surface area contributed by atoms with Crippen molar-refractivity contribution >= 4 is 50.3 Å². The maximum atomic E-state index is 13.1. The number of hydrogen-bond acceptors (Lipinski definition) is 7. The van der Waals surface area contributed by atoms with E-state index in [1.165, 1.54) is 42.4 Å². The van der Waals surface area contributed by atoms with E-state index < -0.39 is 0 Å². The first kappa shape index (κ1) is 23.0. The molecule has 2 aliphatic rings. The van der Waals surface area contributed by atoms with E-state index in [1.807, 2.05) is 42.3 Å². The SMILES string of the molecule is CN(C(=O)CSc1ccccc1C(=O)Nc1nc2cc3c(cc2s1)OCCO3)C1CCCCC1. The Morgan fingerprint density at radius 1 is 1.12 bits per heavy atom. The summed E-state index contributed by atoms with van der Waals surface area (Å²) in [7, 11) is 1.90. The summed E-state index contributed by atoms with van der Waals surface area (Å²) in [6.07, 6.45) is 5.79. The Hall–Kier alpha value is -2.78. The molecular formula is C25H27N3O4S2. The predicted octanol–water partition coefficient (Wildman–Crippen LogP) is 5.20. The van der Waals surface area contributed by atoms with Crippen molar-refractivity contribution in [2.24, 2.45) is 0 Å². The smallest absolute Gasteiger partial charge is 0.258 e. The number of benzene rings is 2. The first-order valence-corrected chi connectivity index (χ1v) is 13.4. The standard InChI is InChI=1S/C25H27N3O4S2/c1-28(16-7-3-2-4-8-16)23(29)15-33-21-10-6-5-9-17(21)24(30)27-25-26-18-13-19-20(14-22(18)34-25)32-12-11-31-19/h5-6,9-10,13-14,16H,2-4,7-8,11-12,15H2,1H3,(H,26,27,30). The summed E-state index contributed by atoms with van der Waals surface area (Å²) in [6.45, 7) is 1.04. The number of rotatable bonds is 6. The molecule has 0 saturated heterocycles. The van der Waals surface area contributed by atoms with Crippen molar-refractivity contribution < 1.29 is 19.1 Å². The van der Waals surface area contributed by atoms with E-state index in [4.69, 9.17) is 9.47 Å². The van der Waals surface area contributed by atoms with Gasteiger partial charge in [0.05, 0.1) is 21.5 Å². The average Bonchev–Trinajstić information content (AvgIpc) is 3.26. The molecule has 1 aromatic heterocycles. The van der Waals surface area contributed by atoms with Gasteiger partial charge in [0.1, 0.15) is 13.2 Å². The number of ether oxygens (including phenoxy) is 2. The number of aromatic nitrogens is 1. The lowest BCUT2D eigenvalue weighted by Crippen LogP contribution is -2.39. The van der Waals surface area contributed by atoms with Crippen LogP contribution in [0.5, 0.6) is 11.5 Å². The van der Waals surface area contributed by atoms with Crippen LogP contribution in [0.2, 0.25) is 0 Å². The van der Waals surface area contributed by atoms with Crippen molar-refractivity contribution in [3.05, 3.63) is 42.0 Å². The van der Waals surface area contributed by atoms with E-state index in [-0.39, 0.29) is 11.8 Å². The van der Waals surface area contributed by atoms with Gasteiger partial charge in [-0.05, 0) is 25.0 Å². The van der Waals surface area contributed by atoms with Crippen molar-refractivity contribution in [3.8, 4) is 11.5 Å². The van der Waals surface area contributed by atoms with Gasteiger partial charge in [-0.2, -0.15) is 0 Å². The molecule has 178 valence electrons. The highest BCUT2D eigenvalue weighted by atomic mass is 32.2. The normalized spacial score (nSPS) is 15.8. The molecule has 0 spiro atoms. The molecule has 2 amide bonds. The zero-order valence-electron chi connectivity index (χ0n) is 19.0. The van der Waals surface area contributed by atoms with Crippen molar-refractivity contribution in [1.82, 2.24) is 9.88 Å². The average molecular weight is 498 g/mol. The predicted molar refractivity (Wildman–Crippen MR) is 135 cm³/mol. The van der Waals surface area contributed by atoms with Gasteiger partial charge in [-0.15, -0.1) is 11.8 Å². The Kier molecular flexibility index (Phi) is 6.92. The molecule has 0 radical (unpaired) electrons. The van der Waals surface area contributed by atoms with E-state index in [1.54, 1.807) is 6.07 Å².